The van der Waals surface area contributed by atoms with Crippen molar-refractivity contribution in [3.05, 3.63) is 85.0 Å². The van der Waals surface area contributed by atoms with E-state index in [2.05, 4.69) is 6.58 Å². The van der Waals surface area contributed by atoms with Gasteiger partial charge in [0.2, 0.25) is 5.82 Å². The van der Waals surface area contributed by atoms with E-state index in [-0.39, 0.29) is 17.9 Å². The predicted molar refractivity (Wildman–Crippen MR) is 113 cm³/mol. The molecule has 3 aromatic carbocycles. The molecule has 0 aliphatic carbocycles. The van der Waals surface area contributed by atoms with Crippen molar-refractivity contribution >= 4 is 0 Å². The van der Waals surface area contributed by atoms with E-state index < -0.39 is 11.6 Å². The molecule has 0 unspecified atom stereocenters. The molecule has 0 spiro atoms. The standard InChI is InChI=1S/C25H24F2O2/c1-3-5-6-17-29-21-13-11-19(12-14-21)18-7-9-20(10-8-18)22-15-16-23(28-4-2)25(27)24(22)26/h3,7-16H,1,4-6,17H2,2H3. The molecule has 0 fully saturated rings. The Morgan fingerprint density at radius 1 is 0.793 bits per heavy atom. The van der Waals surface area contributed by atoms with Crippen LogP contribution in [0.15, 0.2) is 73.3 Å². The van der Waals surface area contributed by atoms with Crippen molar-refractivity contribution in [3.63, 3.8) is 0 Å². The Hall–Kier alpha value is -3.14. The molecular formula is C25H24F2O2. The molecule has 0 aliphatic rings. The van der Waals surface area contributed by atoms with Gasteiger partial charge in [0.05, 0.1) is 13.2 Å². The summed E-state index contributed by atoms with van der Waals surface area (Å²) in [6, 6.07) is 18.2. The monoisotopic (exact) mass is 394 g/mol. The zero-order valence-corrected chi connectivity index (χ0v) is 16.5. The second kappa shape index (κ2) is 9.87. The van der Waals surface area contributed by atoms with E-state index in [1.807, 2.05) is 42.5 Å². The third-order valence-electron chi connectivity index (χ3n) is 4.55. The minimum Gasteiger partial charge on any atom is -0.494 e. The molecule has 3 aromatic rings. The van der Waals surface area contributed by atoms with E-state index in [4.69, 9.17) is 9.47 Å². The van der Waals surface area contributed by atoms with Gasteiger partial charge in [0.15, 0.2) is 11.6 Å². The summed E-state index contributed by atoms with van der Waals surface area (Å²) >= 11 is 0. The molecule has 0 aromatic heterocycles. The van der Waals surface area contributed by atoms with E-state index in [0.717, 1.165) is 29.7 Å². The summed E-state index contributed by atoms with van der Waals surface area (Å²) in [5, 5.41) is 0. The fourth-order valence-corrected chi connectivity index (χ4v) is 3.03. The Morgan fingerprint density at radius 2 is 1.41 bits per heavy atom. The molecule has 0 atom stereocenters. The number of hydrogen-bond acceptors (Lipinski definition) is 2. The molecule has 0 saturated heterocycles. The van der Waals surface area contributed by atoms with Crippen molar-refractivity contribution < 1.29 is 18.3 Å². The molecule has 29 heavy (non-hydrogen) atoms. The van der Waals surface area contributed by atoms with Crippen LogP contribution < -0.4 is 9.47 Å². The van der Waals surface area contributed by atoms with Crippen LogP contribution in [0, 0.1) is 11.6 Å². The minimum absolute atomic E-state index is 0.0721. The van der Waals surface area contributed by atoms with Crippen LogP contribution in [0.3, 0.4) is 0 Å². The number of benzene rings is 3. The topological polar surface area (TPSA) is 18.5 Å². The summed E-state index contributed by atoms with van der Waals surface area (Å²) in [6.07, 6.45) is 3.75. The van der Waals surface area contributed by atoms with Gasteiger partial charge in [-0.15, -0.1) is 6.58 Å². The van der Waals surface area contributed by atoms with Crippen molar-refractivity contribution in [1.29, 1.82) is 0 Å². The van der Waals surface area contributed by atoms with Gasteiger partial charge < -0.3 is 9.47 Å². The summed E-state index contributed by atoms with van der Waals surface area (Å²) in [4.78, 5) is 0. The van der Waals surface area contributed by atoms with Gasteiger partial charge in [-0.25, -0.2) is 4.39 Å². The molecule has 0 saturated carbocycles. The van der Waals surface area contributed by atoms with Crippen molar-refractivity contribution in [2.75, 3.05) is 13.2 Å². The third-order valence-corrected chi connectivity index (χ3v) is 4.55. The highest BCUT2D eigenvalue weighted by atomic mass is 19.2. The van der Waals surface area contributed by atoms with Crippen LogP contribution in [0.2, 0.25) is 0 Å². The maximum Gasteiger partial charge on any atom is 0.201 e. The Morgan fingerprint density at radius 3 is 2.03 bits per heavy atom. The largest absolute Gasteiger partial charge is 0.494 e. The number of hydrogen-bond donors (Lipinski definition) is 0. The quantitative estimate of drug-likeness (QED) is 0.286. The predicted octanol–water partition coefficient (Wildman–Crippen LogP) is 7.04. The molecular weight excluding hydrogens is 370 g/mol. The van der Waals surface area contributed by atoms with Gasteiger partial charge in [0, 0.05) is 5.56 Å². The molecule has 0 heterocycles. The number of halogens is 2. The van der Waals surface area contributed by atoms with Crippen molar-refractivity contribution in [2.24, 2.45) is 0 Å². The van der Waals surface area contributed by atoms with E-state index >= 15 is 0 Å². The zero-order valence-electron chi connectivity index (χ0n) is 16.5. The molecule has 150 valence electrons. The average Bonchev–Trinajstić information content (AvgIpc) is 2.75. The van der Waals surface area contributed by atoms with Crippen molar-refractivity contribution in [1.82, 2.24) is 0 Å². The SMILES string of the molecule is C=CCCCOc1ccc(-c2ccc(-c3ccc(OCC)c(F)c3F)cc2)cc1. The van der Waals surface area contributed by atoms with E-state index in [9.17, 15) is 8.78 Å². The first-order valence-corrected chi connectivity index (χ1v) is 9.69. The third kappa shape index (κ3) is 5.02. The van der Waals surface area contributed by atoms with Gasteiger partial charge in [0.25, 0.3) is 0 Å². The smallest absolute Gasteiger partial charge is 0.201 e. The van der Waals surface area contributed by atoms with Gasteiger partial charge in [0.1, 0.15) is 5.75 Å². The number of unbranched alkanes of at least 4 members (excludes halogenated alkanes) is 1. The highest BCUT2D eigenvalue weighted by molar-refractivity contribution is 5.71. The second-order valence-corrected chi connectivity index (χ2v) is 6.55. The Balaban J connectivity index is 1.73. The van der Waals surface area contributed by atoms with E-state index in [1.165, 1.54) is 12.1 Å². The van der Waals surface area contributed by atoms with Gasteiger partial charge in [-0.2, -0.15) is 4.39 Å². The number of rotatable bonds is 9. The maximum atomic E-state index is 14.4. The zero-order chi connectivity index (χ0) is 20.6. The first-order valence-electron chi connectivity index (χ1n) is 9.69. The van der Waals surface area contributed by atoms with Crippen LogP contribution >= 0.6 is 0 Å². The summed E-state index contributed by atoms with van der Waals surface area (Å²) in [5.41, 5.74) is 2.82. The van der Waals surface area contributed by atoms with Crippen LogP contribution in [0.1, 0.15) is 19.8 Å². The minimum atomic E-state index is -0.961. The first-order chi connectivity index (χ1) is 14.1. The van der Waals surface area contributed by atoms with Crippen LogP contribution in [0.4, 0.5) is 8.78 Å². The number of allylic oxidation sites excluding steroid dienone is 1. The fourth-order valence-electron chi connectivity index (χ4n) is 3.03. The summed E-state index contributed by atoms with van der Waals surface area (Å²) in [7, 11) is 0. The van der Waals surface area contributed by atoms with Gasteiger partial charge in [-0.05, 0) is 60.7 Å². The normalized spacial score (nSPS) is 10.6. The number of ether oxygens (including phenoxy) is 2. The highest BCUT2D eigenvalue weighted by Crippen LogP contribution is 2.31. The van der Waals surface area contributed by atoms with Gasteiger partial charge >= 0.3 is 0 Å². The lowest BCUT2D eigenvalue weighted by molar-refractivity contribution is 0.312. The first kappa shape index (κ1) is 20.6. The van der Waals surface area contributed by atoms with Crippen LogP contribution in [-0.2, 0) is 0 Å². The lowest BCUT2D eigenvalue weighted by Crippen LogP contribution is -1.98. The molecule has 3 rings (SSSR count). The maximum absolute atomic E-state index is 14.4. The highest BCUT2D eigenvalue weighted by Gasteiger charge is 2.15. The molecule has 0 aliphatic heterocycles. The van der Waals surface area contributed by atoms with Crippen molar-refractivity contribution in [3.8, 4) is 33.8 Å². The van der Waals surface area contributed by atoms with Gasteiger partial charge in [-0.1, -0.05) is 42.5 Å². The lowest BCUT2D eigenvalue weighted by Gasteiger charge is -2.10. The van der Waals surface area contributed by atoms with Gasteiger partial charge in [-0.3, -0.25) is 0 Å². The molecule has 0 radical (unpaired) electrons. The molecule has 2 nitrogen and oxygen atoms in total. The second-order valence-electron chi connectivity index (χ2n) is 6.55. The Kier molecular flexibility index (Phi) is 7.01. The van der Waals surface area contributed by atoms with Crippen LogP contribution in [0.5, 0.6) is 11.5 Å². The summed E-state index contributed by atoms with van der Waals surface area (Å²) in [5.74, 6) is -1.11. The van der Waals surface area contributed by atoms with E-state index in [0.29, 0.717) is 12.2 Å². The molecule has 0 bridgehead atoms. The van der Waals surface area contributed by atoms with E-state index in [1.54, 1.807) is 19.1 Å². The average molecular weight is 394 g/mol. The van der Waals surface area contributed by atoms with Crippen LogP contribution in [0.25, 0.3) is 22.3 Å². The molecule has 0 amide bonds. The summed E-state index contributed by atoms with van der Waals surface area (Å²) < 4.78 is 39.3. The van der Waals surface area contributed by atoms with Crippen molar-refractivity contribution in [2.45, 2.75) is 19.8 Å². The summed E-state index contributed by atoms with van der Waals surface area (Å²) in [6.45, 7) is 6.36. The van der Waals surface area contributed by atoms with Crippen LogP contribution in [-0.4, -0.2) is 13.2 Å². The lowest BCUT2D eigenvalue weighted by atomic mass is 9.99. The molecule has 0 N–H and O–H groups in total. The fraction of sp³-hybridized carbons (Fsp3) is 0.200. The Labute approximate surface area is 170 Å². The molecule has 4 heteroatoms. The Bertz CT molecular complexity index is 948.